The third-order valence-electron chi connectivity index (χ3n) is 6.69. The van der Waals surface area contributed by atoms with Crippen LogP contribution in [0.2, 0.25) is 0 Å². The smallest absolute Gasteiger partial charge is 0.251 e. The maximum absolute atomic E-state index is 12.7. The Hall–Kier alpha value is -2.08. The highest BCUT2D eigenvalue weighted by atomic mass is 16.5. The van der Waals surface area contributed by atoms with Crippen LogP contribution in [0.1, 0.15) is 42.1 Å². The number of fused-ring (bicyclic) bond motifs is 1. The van der Waals surface area contributed by atoms with E-state index in [-0.39, 0.29) is 29.4 Å². The van der Waals surface area contributed by atoms with Crippen molar-refractivity contribution in [1.82, 2.24) is 10.2 Å². The monoisotopic (exact) mass is 372 g/mol. The molecule has 3 aliphatic rings. The zero-order chi connectivity index (χ0) is 19.2. The van der Waals surface area contributed by atoms with Gasteiger partial charge in [0.05, 0.1) is 25.4 Å². The van der Waals surface area contributed by atoms with Crippen LogP contribution in [0.4, 0.5) is 0 Å². The fourth-order valence-electron chi connectivity index (χ4n) is 5.26. The number of benzene rings is 1. The molecule has 3 fully saturated rings. The molecule has 4 atom stereocenters. The van der Waals surface area contributed by atoms with Crippen molar-refractivity contribution in [2.75, 3.05) is 26.7 Å². The van der Waals surface area contributed by atoms with Crippen LogP contribution in [0.25, 0.3) is 0 Å². The molecule has 2 amide bonds. The van der Waals surface area contributed by atoms with E-state index in [1.54, 1.807) is 7.11 Å². The van der Waals surface area contributed by atoms with E-state index in [1.165, 1.54) is 0 Å². The van der Waals surface area contributed by atoms with Gasteiger partial charge in [0, 0.05) is 42.5 Å². The Balaban J connectivity index is 1.45. The molecule has 2 bridgehead atoms. The van der Waals surface area contributed by atoms with Crippen molar-refractivity contribution >= 4 is 11.8 Å². The minimum absolute atomic E-state index is 0.0808. The number of likely N-dealkylation sites (tertiary alicyclic amines) is 1. The maximum atomic E-state index is 12.7. The number of rotatable bonds is 5. The predicted octanol–water partition coefficient (Wildman–Crippen LogP) is 2.15. The first-order chi connectivity index (χ1) is 13.0. The van der Waals surface area contributed by atoms with Crippen LogP contribution < -0.4 is 10.1 Å². The second kappa shape index (κ2) is 6.82. The zero-order valence-electron chi connectivity index (χ0n) is 16.3. The van der Waals surface area contributed by atoms with Crippen molar-refractivity contribution in [3.63, 3.8) is 0 Å². The maximum Gasteiger partial charge on any atom is 0.251 e. The van der Waals surface area contributed by atoms with Gasteiger partial charge in [-0.3, -0.25) is 9.59 Å². The number of hydrogen-bond donors (Lipinski definition) is 1. The molecular formula is C21H28N2O4. The molecule has 0 radical (unpaired) electrons. The molecule has 0 saturated carbocycles. The van der Waals surface area contributed by atoms with E-state index >= 15 is 0 Å². The van der Waals surface area contributed by atoms with Gasteiger partial charge >= 0.3 is 0 Å². The molecule has 0 unspecified atom stereocenters. The van der Waals surface area contributed by atoms with Gasteiger partial charge in [-0.25, -0.2) is 0 Å². The van der Waals surface area contributed by atoms with E-state index < -0.39 is 0 Å². The van der Waals surface area contributed by atoms with Crippen LogP contribution in [0, 0.1) is 18.8 Å². The van der Waals surface area contributed by atoms with E-state index in [2.05, 4.69) is 5.32 Å². The first-order valence-electron chi connectivity index (χ1n) is 9.86. The molecule has 146 valence electrons. The Morgan fingerprint density at radius 1 is 1.41 bits per heavy atom. The average Bonchev–Trinajstić information content (AvgIpc) is 3.34. The standard InChI is InChI=1S/C21H28N2O4/c1-4-19(24)23-11-16-15(18-8-9-21(16,12-23)27-18)10-22-20(25)14-6-5-7-17(26-3)13(14)2/h5-7,15-16,18H,4,8-12H2,1-3H3,(H,22,25)/t15-,16+,18+,21+/m0/s1. The molecule has 6 nitrogen and oxygen atoms in total. The van der Waals surface area contributed by atoms with Crippen molar-refractivity contribution in [3.05, 3.63) is 29.3 Å². The molecule has 0 aliphatic carbocycles. The number of carbonyl (C=O) groups excluding carboxylic acids is 2. The van der Waals surface area contributed by atoms with E-state index in [0.29, 0.717) is 31.0 Å². The van der Waals surface area contributed by atoms with Crippen LogP contribution in [-0.4, -0.2) is 55.2 Å². The van der Waals surface area contributed by atoms with Crippen molar-refractivity contribution < 1.29 is 19.1 Å². The summed E-state index contributed by atoms with van der Waals surface area (Å²) in [5, 5.41) is 3.11. The number of ether oxygens (including phenoxy) is 2. The van der Waals surface area contributed by atoms with E-state index in [9.17, 15) is 9.59 Å². The topological polar surface area (TPSA) is 67.9 Å². The Labute approximate surface area is 160 Å². The summed E-state index contributed by atoms with van der Waals surface area (Å²) < 4.78 is 11.7. The lowest BCUT2D eigenvalue weighted by Crippen LogP contribution is -2.42. The summed E-state index contributed by atoms with van der Waals surface area (Å²) in [5.74, 6) is 1.42. The van der Waals surface area contributed by atoms with Crippen LogP contribution in [0.5, 0.6) is 5.75 Å². The van der Waals surface area contributed by atoms with Crippen molar-refractivity contribution in [3.8, 4) is 5.75 Å². The molecule has 4 rings (SSSR count). The average molecular weight is 372 g/mol. The van der Waals surface area contributed by atoms with Crippen molar-refractivity contribution in [2.24, 2.45) is 11.8 Å². The molecule has 3 aliphatic heterocycles. The third kappa shape index (κ3) is 2.90. The third-order valence-corrected chi connectivity index (χ3v) is 6.69. The number of hydrogen-bond acceptors (Lipinski definition) is 4. The quantitative estimate of drug-likeness (QED) is 0.860. The van der Waals surface area contributed by atoms with Crippen LogP contribution in [0.3, 0.4) is 0 Å². The number of methoxy groups -OCH3 is 1. The molecular weight excluding hydrogens is 344 g/mol. The first-order valence-corrected chi connectivity index (χ1v) is 9.86. The van der Waals surface area contributed by atoms with Crippen molar-refractivity contribution in [2.45, 2.75) is 44.8 Å². The highest BCUT2D eigenvalue weighted by Crippen LogP contribution is 2.54. The number of amides is 2. The van der Waals surface area contributed by atoms with Gasteiger partial charge in [-0.1, -0.05) is 13.0 Å². The molecule has 3 heterocycles. The fourth-order valence-corrected chi connectivity index (χ4v) is 5.26. The SMILES string of the molecule is CCC(=O)N1C[C@@H]2[C@H](CNC(=O)c3cccc(OC)c3C)[C@H]3CC[C@]2(C1)O3. The van der Waals surface area contributed by atoms with Gasteiger partial charge in [0.2, 0.25) is 5.91 Å². The molecule has 27 heavy (non-hydrogen) atoms. The fraction of sp³-hybridized carbons (Fsp3) is 0.619. The van der Waals surface area contributed by atoms with E-state index in [4.69, 9.17) is 9.47 Å². The van der Waals surface area contributed by atoms with Gasteiger partial charge in [-0.15, -0.1) is 0 Å². The van der Waals surface area contributed by atoms with Crippen LogP contribution >= 0.6 is 0 Å². The Morgan fingerprint density at radius 2 is 2.22 bits per heavy atom. The summed E-state index contributed by atoms with van der Waals surface area (Å²) in [7, 11) is 1.61. The summed E-state index contributed by atoms with van der Waals surface area (Å²) in [6.07, 6.45) is 2.77. The number of carbonyl (C=O) groups is 2. The molecule has 0 aromatic heterocycles. The van der Waals surface area contributed by atoms with Gasteiger partial charge in [-0.2, -0.15) is 0 Å². The lowest BCUT2D eigenvalue weighted by atomic mass is 9.73. The Kier molecular flexibility index (Phi) is 4.62. The lowest BCUT2D eigenvalue weighted by molar-refractivity contribution is -0.131. The molecule has 1 N–H and O–H groups in total. The molecule has 3 saturated heterocycles. The first kappa shape index (κ1) is 18.3. The summed E-state index contributed by atoms with van der Waals surface area (Å²) in [4.78, 5) is 26.8. The van der Waals surface area contributed by atoms with Crippen molar-refractivity contribution in [1.29, 1.82) is 0 Å². The highest BCUT2D eigenvalue weighted by molar-refractivity contribution is 5.96. The van der Waals surface area contributed by atoms with E-state index in [0.717, 1.165) is 30.7 Å². The van der Waals surface area contributed by atoms with E-state index in [1.807, 2.05) is 36.9 Å². The van der Waals surface area contributed by atoms with Gasteiger partial charge in [-0.05, 0) is 31.9 Å². The minimum atomic E-state index is -0.184. The number of nitrogens with zero attached hydrogens (tertiary/aromatic N) is 1. The Bertz CT molecular complexity index is 765. The summed E-state index contributed by atoms with van der Waals surface area (Å²) >= 11 is 0. The normalized spacial score (nSPS) is 31.1. The van der Waals surface area contributed by atoms with Gasteiger partial charge in [0.15, 0.2) is 0 Å². The molecule has 1 aromatic rings. The van der Waals surface area contributed by atoms with Gasteiger partial charge < -0.3 is 19.7 Å². The van der Waals surface area contributed by atoms with Crippen LogP contribution in [0.15, 0.2) is 18.2 Å². The summed E-state index contributed by atoms with van der Waals surface area (Å²) in [5.41, 5.74) is 1.30. The zero-order valence-corrected chi connectivity index (χ0v) is 16.3. The Morgan fingerprint density at radius 3 is 2.96 bits per heavy atom. The minimum Gasteiger partial charge on any atom is -0.496 e. The molecule has 1 aromatic carbocycles. The molecule has 6 heteroatoms. The van der Waals surface area contributed by atoms with Gasteiger partial charge in [0.1, 0.15) is 5.75 Å². The number of nitrogens with one attached hydrogen (secondary N) is 1. The molecule has 1 spiro atoms. The summed E-state index contributed by atoms with van der Waals surface area (Å²) in [6, 6.07) is 5.52. The highest BCUT2D eigenvalue weighted by Gasteiger charge is 2.63. The lowest BCUT2D eigenvalue weighted by Gasteiger charge is -2.29. The van der Waals surface area contributed by atoms with Crippen LogP contribution in [-0.2, 0) is 9.53 Å². The predicted molar refractivity (Wildman–Crippen MR) is 101 cm³/mol. The summed E-state index contributed by atoms with van der Waals surface area (Å²) in [6.45, 7) is 5.85. The second-order valence-electron chi connectivity index (χ2n) is 8.00. The second-order valence-corrected chi connectivity index (χ2v) is 8.00. The van der Waals surface area contributed by atoms with Gasteiger partial charge in [0.25, 0.3) is 5.91 Å². The largest absolute Gasteiger partial charge is 0.496 e.